The first-order valence-corrected chi connectivity index (χ1v) is 7.17. The summed E-state index contributed by atoms with van der Waals surface area (Å²) in [5, 5.41) is 0.460. The van der Waals surface area contributed by atoms with E-state index >= 15 is 0 Å². The Bertz CT molecular complexity index is 626. The van der Waals surface area contributed by atoms with E-state index in [9.17, 15) is 0 Å². The number of halogens is 1. The van der Waals surface area contributed by atoms with Gasteiger partial charge in [0.2, 0.25) is 5.88 Å². The summed E-state index contributed by atoms with van der Waals surface area (Å²) < 4.78 is 5.88. The monoisotopic (exact) mass is 290 g/mol. The normalized spacial score (nSPS) is 10.7. The van der Waals surface area contributed by atoms with Crippen LogP contribution in [0, 0.1) is 20.8 Å². The van der Waals surface area contributed by atoms with Gasteiger partial charge >= 0.3 is 0 Å². The van der Waals surface area contributed by atoms with E-state index in [1.807, 2.05) is 25.1 Å². The number of rotatable bonds is 4. The molecule has 0 saturated carbocycles. The number of benzene rings is 1. The number of hydrogen-bond acceptors (Lipinski definition) is 3. The summed E-state index contributed by atoms with van der Waals surface area (Å²) in [6, 6.07) is 5.98. The number of aromatic nitrogens is 2. The van der Waals surface area contributed by atoms with Crippen LogP contribution in [0.1, 0.15) is 35.9 Å². The van der Waals surface area contributed by atoms with E-state index in [1.165, 1.54) is 11.1 Å². The Balaban J connectivity index is 2.34. The number of aryl methyl sites for hydroxylation is 3. The fourth-order valence-electron chi connectivity index (χ4n) is 1.84. The summed E-state index contributed by atoms with van der Waals surface area (Å²) in [6.07, 6.45) is 1.77. The molecule has 0 N–H and O–H groups in total. The Morgan fingerprint density at radius 2 is 1.85 bits per heavy atom. The van der Waals surface area contributed by atoms with Crippen LogP contribution in [0.4, 0.5) is 0 Å². The second-order valence-electron chi connectivity index (χ2n) is 4.96. The Kier molecular flexibility index (Phi) is 4.61. The quantitative estimate of drug-likeness (QED) is 0.759. The van der Waals surface area contributed by atoms with Gasteiger partial charge in [-0.1, -0.05) is 24.6 Å². The number of hydrogen-bond donors (Lipinski definition) is 0. The third kappa shape index (κ3) is 3.28. The van der Waals surface area contributed by atoms with E-state index in [2.05, 4.69) is 30.7 Å². The van der Waals surface area contributed by atoms with Gasteiger partial charge in [0.15, 0.2) is 0 Å². The second-order valence-corrected chi connectivity index (χ2v) is 5.32. The van der Waals surface area contributed by atoms with Crippen molar-refractivity contribution < 1.29 is 4.74 Å². The summed E-state index contributed by atoms with van der Waals surface area (Å²) in [6.45, 7) is 8.09. The van der Waals surface area contributed by atoms with E-state index in [1.54, 1.807) is 0 Å². The smallest absolute Gasteiger partial charge is 0.226 e. The molecule has 0 aliphatic carbocycles. The molecule has 1 aromatic carbocycles. The van der Waals surface area contributed by atoms with Gasteiger partial charge in [-0.2, -0.15) is 4.98 Å². The highest BCUT2D eigenvalue weighted by Crippen LogP contribution is 2.28. The lowest BCUT2D eigenvalue weighted by Gasteiger charge is -2.11. The molecule has 0 aliphatic heterocycles. The first kappa shape index (κ1) is 14.8. The molecule has 1 aromatic heterocycles. The van der Waals surface area contributed by atoms with Crippen molar-refractivity contribution in [1.82, 2.24) is 9.97 Å². The highest BCUT2D eigenvalue weighted by Gasteiger charge is 2.11. The van der Waals surface area contributed by atoms with Crippen molar-refractivity contribution in [2.75, 3.05) is 0 Å². The molecule has 106 valence electrons. The molecule has 2 aromatic rings. The minimum atomic E-state index is 0.460. The lowest BCUT2D eigenvalue weighted by Crippen LogP contribution is -2.01. The minimum absolute atomic E-state index is 0.460. The van der Waals surface area contributed by atoms with Crippen molar-refractivity contribution in [2.24, 2.45) is 0 Å². The van der Waals surface area contributed by atoms with Crippen LogP contribution in [0.15, 0.2) is 18.2 Å². The Hall–Kier alpha value is -1.61. The highest BCUT2D eigenvalue weighted by atomic mass is 35.5. The lowest BCUT2D eigenvalue weighted by molar-refractivity contribution is 0.453. The van der Waals surface area contributed by atoms with Crippen LogP contribution in [0.2, 0.25) is 5.15 Å². The van der Waals surface area contributed by atoms with E-state index < -0.39 is 0 Å². The van der Waals surface area contributed by atoms with Crippen LogP contribution < -0.4 is 4.74 Å². The first-order valence-electron chi connectivity index (χ1n) is 6.79. The zero-order valence-electron chi connectivity index (χ0n) is 12.3. The van der Waals surface area contributed by atoms with Crippen LogP contribution >= 0.6 is 11.6 Å². The predicted molar refractivity (Wildman–Crippen MR) is 81.8 cm³/mol. The Morgan fingerprint density at radius 3 is 2.50 bits per heavy atom. The summed E-state index contributed by atoms with van der Waals surface area (Å²) >= 11 is 6.15. The van der Waals surface area contributed by atoms with Crippen molar-refractivity contribution in [3.8, 4) is 11.6 Å². The third-order valence-electron chi connectivity index (χ3n) is 3.25. The van der Waals surface area contributed by atoms with E-state index in [0.29, 0.717) is 11.0 Å². The van der Waals surface area contributed by atoms with Crippen LogP contribution in [0.5, 0.6) is 11.6 Å². The zero-order valence-corrected chi connectivity index (χ0v) is 13.1. The molecule has 2 rings (SSSR count). The van der Waals surface area contributed by atoms with Crippen molar-refractivity contribution >= 4 is 11.6 Å². The molecule has 0 fully saturated rings. The molecular weight excluding hydrogens is 272 g/mol. The summed E-state index contributed by atoms with van der Waals surface area (Å²) in [7, 11) is 0. The summed E-state index contributed by atoms with van der Waals surface area (Å²) in [5.41, 5.74) is 3.19. The maximum Gasteiger partial charge on any atom is 0.226 e. The maximum absolute atomic E-state index is 6.15. The number of ether oxygens (including phenoxy) is 1. The third-order valence-corrected chi connectivity index (χ3v) is 3.62. The van der Waals surface area contributed by atoms with E-state index in [4.69, 9.17) is 16.3 Å². The molecule has 0 radical (unpaired) electrons. The fourth-order valence-corrected chi connectivity index (χ4v) is 2.01. The van der Waals surface area contributed by atoms with E-state index in [-0.39, 0.29) is 0 Å². The molecule has 4 heteroatoms. The van der Waals surface area contributed by atoms with Crippen LogP contribution in [-0.2, 0) is 6.42 Å². The molecule has 0 atom stereocenters. The van der Waals surface area contributed by atoms with Gasteiger partial charge in [0.1, 0.15) is 16.7 Å². The second kappa shape index (κ2) is 6.23. The van der Waals surface area contributed by atoms with Gasteiger partial charge in [0, 0.05) is 12.0 Å². The number of nitrogens with zero attached hydrogens (tertiary/aromatic N) is 2. The molecule has 3 nitrogen and oxygen atoms in total. The Morgan fingerprint density at radius 1 is 1.10 bits per heavy atom. The van der Waals surface area contributed by atoms with Crippen LogP contribution in [0.25, 0.3) is 0 Å². The molecule has 0 unspecified atom stereocenters. The van der Waals surface area contributed by atoms with Crippen molar-refractivity contribution in [3.05, 3.63) is 45.9 Å². The SMILES string of the molecule is CCCc1nc(Cl)c(C)c(Oc2ccc(C)c(C)c2)n1. The molecule has 20 heavy (non-hydrogen) atoms. The largest absolute Gasteiger partial charge is 0.439 e. The predicted octanol–water partition coefficient (Wildman–Crippen LogP) is 4.80. The minimum Gasteiger partial charge on any atom is -0.439 e. The van der Waals surface area contributed by atoms with Gasteiger partial charge in [0.05, 0.1) is 0 Å². The van der Waals surface area contributed by atoms with Gasteiger partial charge in [-0.15, -0.1) is 0 Å². The summed E-state index contributed by atoms with van der Waals surface area (Å²) in [4.78, 5) is 8.72. The topological polar surface area (TPSA) is 35.0 Å². The molecule has 0 bridgehead atoms. The molecule has 0 amide bonds. The zero-order chi connectivity index (χ0) is 14.7. The van der Waals surface area contributed by atoms with Crippen molar-refractivity contribution in [3.63, 3.8) is 0 Å². The van der Waals surface area contributed by atoms with Gasteiger partial charge in [-0.25, -0.2) is 4.98 Å². The Labute approximate surface area is 125 Å². The molecule has 0 aliphatic rings. The van der Waals surface area contributed by atoms with Gasteiger partial charge in [-0.3, -0.25) is 0 Å². The van der Waals surface area contributed by atoms with Gasteiger partial charge < -0.3 is 4.74 Å². The first-order chi connectivity index (χ1) is 9.51. The molecular formula is C16H19ClN2O. The van der Waals surface area contributed by atoms with Crippen LogP contribution in [-0.4, -0.2) is 9.97 Å². The fraction of sp³-hybridized carbons (Fsp3) is 0.375. The van der Waals surface area contributed by atoms with Crippen molar-refractivity contribution in [1.29, 1.82) is 0 Å². The van der Waals surface area contributed by atoms with Crippen LogP contribution in [0.3, 0.4) is 0 Å². The molecule has 1 heterocycles. The van der Waals surface area contributed by atoms with Crippen molar-refractivity contribution in [2.45, 2.75) is 40.5 Å². The average Bonchev–Trinajstić information content (AvgIpc) is 2.40. The molecule has 0 spiro atoms. The highest BCUT2D eigenvalue weighted by molar-refractivity contribution is 6.30. The van der Waals surface area contributed by atoms with Gasteiger partial charge in [-0.05, 0) is 50.5 Å². The van der Waals surface area contributed by atoms with E-state index in [0.717, 1.165) is 30.0 Å². The average molecular weight is 291 g/mol. The standard InChI is InChI=1S/C16H19ClN2O/c1-5-6-14-18-15(17)12(4)16(19-14)20-13-8-7-10(2)11(3)9-13/h7-9H,5-6H2,1-4H3. The summed E-state index contributed by atoms with van der Waals surface area (Å²) in [5.74, 6) is 2.03. The molecule has 0 saturated heterocycles. The lowest BCUT2D eigenvalue weighted by atomic mass is 10.1. The maximum atomic E-state index is 6.15. The van der Waals surface area contributed by atoms with Gasteiger partial charge in [0.25, 0.3) is 0 Å².